The SMILES string of the molecule is Cc1nc(-c2ccccc2)sc1C(=O)Nc1cccc(-c2cn3ccsc3n2)c1. The van der Waals surface area contributed by atoms with E-state index < -0.39 is 0 Å². The molecule has 0 aliphatic carbocycles. The van der Waals surface area contributed by atoms with Crippen molar-refractivity contribution in [1.29, 1.82) is 0 Å². The summed E-state index contributed by atoms with van der Waals surface area (Å²) in [4.78, 5) is 23.6. The summed E-state index contributed by atoms with van der Waals surface area (Å²) in [5.41, 5.74) is 4.33. The maximum absolute atomic E-state index is 12.9. The van der Waals surface area contributed by atoms with Crippen LogP contribution < -0.4 is 5.32 Å². The lowest BCUT2D eigenvalue weighted by Crippen LogP contribution is -2.11. The van der Waals surface area contributed by atoms with Crippen molar-refractivity contribution >= 4 is 39.2 Å². The quantitative estimate of drug-likeness (QED) is 0.406. The number of rotatable bonds is 4. The van der Waals surface area contributed by atoms with Gasteiger partial charge in [-0.3, -0.25) is 9.20 Å². The molecule has 0 spiro atoms. The van der Waals surface area contributed by atoms with Crippen molar-refractivity contribution in [3.8, 4) is 21.8 Å². The van der Waals surface area contributed by atoms with Gasteiger partial charge in [0.05, 0.1) is 11.4 Å². The Morgan fingerprint density at radius 2 is 1.86 bits per heavy atom. The Labute approximate surface area is 175 Å². The molecule has 3 heterocycles. The van der Waals surface area contributed by atoms with E-state index in [2.05, 4.69) is 15.3 Å². The Morgan fingerprint density at radius 1 is 1.03 bits per heavy atom. The number of nitrogens with zero attached hydrogens (tertiary/aromatic N) is 3. The van der Waals surface area contributed by atoms with Crippen LogP contribution in [-0.2, 0) is 0 Å². The fourth-order valence-corrected chi connectivity index (χ4v) is 4.79. The van der Waals surface area contributed by atoms with Gasteiger partial charge in [-0.2, -0.15) is 0 Å². The van der Waals surface area contributed by atoms with Crippen LogP contribution in [0.1, 0.15) is 15.4 Å². The molecule has 0 radical (unpaired) electrons. The van der Waals surface area contributed by atoms with Crippen LogP contribution in [0.25, 0.3) is 26.8 Å². The number of carbonyl (C=O) groups is 1. The molecule has 7 heteroatoms. The topological polar surface area (TPSA) is 59.3 Å². The van der Waals surface area contributed by atoms with Crippen molar-refractivity contribution in [3.05, 3.63) is 82.9 Å². The van der Waals surface area contributed by atoms with Gasteiger partial charge in [-0.25, -0.2) is 9.97 Å². The zero-order valence-corrected chi connectivity index (χ0v) is 17.1. The minimum atomic E-state index is -0.148. The molecule has 1 N–H and O–H groups in total. The fourth-order valence-electron chi connectivity index (χ4n) is 3.12. The van der Waals surface area contributed by atoms with E-state index in [1.807, 2.05) is 83.7 Å². The van der Waals surface area contributed by atoms with E-state index in [4.69, 9.17) is 0 Å². The Balaban J connectivity index is 1.40. The molecule has 0 bridgehead atoms. The summed E-state index contributed by atoms with van der Waals surface area (Å²) in [5, 5.41) is 5.85. The second kappa shape index (κ2) is 7.27. The number of anilines is 1. The largest absolute Gasteiger partial charge is 0.321 e. The first-order chi connectivity index (χ1) is 14.2. The van der Waals surface area contributed by atoms with E-state index in [9.17, 15) is 4.79 Å². The highest BCUT2D eigenvalue weighted by Gasteiger charge is 2.17. The van der Waals surface area contributed by atoms with Crippen LogP contribution in [0, 0.1) is 6.92 Å². The van der Waals surface area contributed by atoms with E-state index in [1.165, 1.54) is 11.3 Å². The average molecular weight is 417 g/mol. The van der Waals surface area contributed by atoms with E-state index in [-0.39, 0.29) is 5.91 Å². The van der Waals surface area contributed by atoms with Crippen LogP contribution in [0.5, 0.6) is 0 Å². The van der Waals surface area contributed by atoms with Gasteiger partial charge in [0, 0.05) is 34.6 Å². The predicted molar refractivity (Wildman–Crippen MR) is 119 cm³/mol. The third kappa shape index (κ3) is 3.46. The Bertz CT molecular complexity index is 1290. The van der Waals surface area contributed by atoms with Crippen molar-refractivity contribution in [2.75, 3.05) is 5.32 Å². The Kier molecular flexibility index (Phi) is 4.46. The van der Waals surface area contributed by atoms with Gasteiger partial charge in [-0.15, -0.1) is 22.7 Å². The van der Waals surface area contributed by atoms with Gasteiger partial charge in [0.15, 0.2) is 4.96 Å². The molecule has 0 aliphatic heterocycles. The Hall–Kier alpha value is -3.29. The fraction of sp³-hybridized carbons (Fsp3) is 0.0455. The number of aryl methyl sites for hydroxylation is 1. The predicted octanol–water partition coefficient (Wildman–Crippen LogP) is 5.75. The van der Waals surface area contributed by atoms with Crippen molar-refractivity contribution in [2.24, 2.45) is 0 Å². The van der Waals surface area contributed by atoms with Gasteiger partial charge in [0.2, 0.25) is 0 Å². The number of hydrogen-bond donors (Lipinski definition) is 1. The summed E-state index contributed by atoms with van der Waals surface area (Å²) in [6.07, 6.45) is 3.98. The summed E-state index contributed by atoms with van der Waals surface area (Å²) in [7, 11) is 0. The summed E-state index contributed by atoms with van der Waals surface area (Å²) in [5.74, 6) is -0.148. The number of imidazole rings is 1. The zero-order valence-electron chi connectivity index (χ0n) is 15.5. The lowest BCUT2D eigenvalue weighted by Gasteiger charge is -2.05. The number of hydrogen-bond acceptors (Lipinski definition) is 5. The zero-order chi connectivity index (χ0) is 19.8. The summed E-state index contributed by atoms with van der Waals surface area (Å²) >= 11 is 3.00. The highest BCUT2D eigenvalue weighted by molar-refractivity contribution is 7.17. The molecular weight excluding hydrogens is 400 g/mol. The molecular formula is C22H16N4OS2. The number of amides is 1. The third-order valence-corrected chi connectivity index (χ3v) is 6.51. The molecule has 3 aromatic heterocycles. The number of carbonyl (C=O) groups excluding carboxylic acids is 1. The summed E-state index contributed by atoms with van der Waals surface area (Å²) < 4.78 is 2.00. The highest BCUT2D eigenvalue weighted by atomic mass is 32.1. The van der Waals surface area contributed by atoms with Gasteiger partial charge in [-0.05, 0) is 19.1 Å². The number of benzene rings is 2. The molecule has 29 heavy (non-hydrogen) atoms. The molecule has 0 saturated carbocycles. The second-order valence-electron chi connectivity index (χ2n) is 6.55. The molecule has 0 fully saturated rings. The maximum Gasteiger partial charge on any atom is 0.267 e. The summed E-state index contributed by atoms with van der Waals surface area (Å²) in [6, 6.07) is 17.6. The molecule has 1 amide bonds. The van der Waals surface area contributed by atoms with Crippen molar-refractivity contribution in [1.82, 2.24) is 14.4 Å². The van der Waals surface area contributed by atoms with Gasteiger partial charge in [-0.1, -0.05) is 42.5 Å². The standard InChI is InChI=1S/C22H16N4OS2/c1-14-19(29-21(23-14)15-6-3-2-4-7-15)20(27)24-17-9-5-8-16(12-17)18-13-26-10-11-28-22(26)25-18/h2-13H,1H3,(H,24,27). The monoisotopic (exact) mass is 416 g/mol. The Morgan fingerprint density at radius 3 is 2.69 bits per heavy atom. The first kappa shape index (κ1) is 17.8. The van der Waals surface area contributed by atoms with Crippen LogP contribution in [-0.4, -0.2) is 20.3 Å². The lowest BCUT2D eigenvalue weighted by atomic mass is 10.1. The molecule has 142 valence electrons. The molecule has 5 nitrogen and oxygen atoms in total. The highest BCUT2D eigenvalue weighted by Crippen LogP contribution is 2.29. The first-order valence-corrected chi connectivity index (χ1v) is 10.7. The first-order valence-electron chi connectivity index (χ1n) is 9.04. The van der Waals surface area contributed by atoms with E-state index in [1.54, 1.807) is 11.3 Å². The van der Waals surface area contributed by atoms with Crippen molar-refractivity contribution < 1.29 is 4.79 Å². The van der Waals surface area contributed by atoms with Crippen LogP contribution in [0.4, 0.5) is 5.69 Å². The number of fused-ring (bicyclic) bond motifs is 1. The smallest absolute Gasteiger partial charge is 0.267 e. The van der Waals surface area contributed by atoms with Crippen LogP contribution in [0.2, 0.25) is 0 Å². The van der Waals surface area contributed by atoms with E-state index in [0.717, 1.165) is 38.2 Å². The number of nitrogens with one attached hydrogen (secondary N) is 1. The number of thiazole rings is 2. The normalized spacial score (nSPS) is 11.1. The molecule has 0 aliphatic rings. The molecule has 2 aromatic carbocycles. The number of aromatic nitrogens is 3. The van der Waals surface area contributed by atoms with Crippen molar-refractivity contribution in [3.63, 3.8) is 0 Å². The van der Waals surface area contributed by atoms with Gasteiger partial charge >= 0.3 is 0 Å². The third-order valence-electron chi connectivity index (χ3n) is 4.53. The summed E-state index contributed by atoms with van der Waals surface area (Å²) in [6.45, 7) is 1.87. The maximum atomic E-state index is 12.9. The van der Waals surface area contributed by atoms with Gasteiger partial charge < -0.3 is 5.32 Å². The molecule has 0 unspecified atom stereocenters. The van der Waals surface area contributed by atoms with Crippen LogP contribution >= 0.6 is 22.7 Å². The van der Waals surface area contributed by atoms with Gasteiger partial charge in [0.25, 0.3) is 5.91 Å². The van der Waals surface area contributed by atoms with Crippen LogP contribution in [0.15, 0.2) is 72.4 Å². The molecule has 0 saturated heterocycles. The lowest BCUT2D eigenvalue weighted by molar-refractivity contribution is 0.103. The van der Waals surface area contributed by atoms with Crippen LogP contribution in [0.3, 0.4) is 0 Å². The van der Waals surface area contributed by atoms with Gasteiger partial charge in [0.1, 0.15) is 9.88 Å². The minimum absolute atomic E-state index is 0.148. The minimum Gasteiger partial charge on any atom is -0.321 e. The second-order valence-corrected chi connectivity index (χ2v) is 8.43. The molecule has 5 rings (SSSR count). The molecule has 5 aromatic rings. The van der Waals surface area contributed by atoms with E-state index in [0.29, 0.717) is 4.88 Å². The average Bonchev–Trinajstić information content (AvgIpc) is 3.43. The van der Waals surface area contributed by atoms with Crippen molar-refractivity contribution in [2.45, 2.75) is 6.92 Å². The molecule has 0 atom stereocenters. The van der Waals surface area contributed by atoms with E-state index >= 15 is 0 Å².